The van der Waals surface area contributed by atoms with Crippen LogP contribution in [-0.2, 0) is 0 Å². The fraction of sp³-hybridized carbons (Fsp3) is 0. The van der Waals surface area contributed by atoms with Gasteiger partial charge < -0.3 is 4.57 Å². The van der Waals surface area contributed by atoms with Crippen molar-refractivity contribution in [1.29, 1.82) is 0 Å². The monoisotopic (exact) mass is 802 g/mol. The van der Waals surface area contributed by atoms with Crippen molar-refractivity contribution in [3.05, 3.63) is 231 Å². The van der Waals surface area contributed by atoms with Crippen molar-refractivity contribution in [3.63, 3.8) is 0 Å². The van der Waals surface area contributed by atoms with Gasteiger partial charge in [0.1, 0.15) is 0 Å². The first-order valence-corrected chi connectivity index (χ1v) is 21.3. The molecule has 294 valence electrons. The number of fused-ring (bicyclic) bond motifs is 6. The molecule has 0 aliphatic rings. The topological polar surface area (TPSA) is 43.6 Å². The van der Waals surface area contributed by atoms with Gasteiger partial charge in [0.15, 0.2) is 5.82 Å². The molecule has 0 aliphatic heterocycles. The normalized spacial score (nSPS) is 11.5. The summed E-state index contributed by atoms with van der Waals surface area (Å²) >= 11 is 0. The molecule has 0 aliphatic carbocycles. The molecule has 0 saturated heterocycles. The van der Waals surface area contributed by atoms with E-state index in [1.165, 1.54) is 16.2 Å². The minimum absolute atomic E-state index is 0.711. The van der Waals surface area contributed by atoms with Crippen LogP contribution in [0.15, 0.2) is 231 Å². The molecule has 0 amide bonds. The van der Waals surface area contributed by atoms with Crippen molar-refractivity contribution in [2.75, 3.05) is 0 Å². The lowest BCUT2D eigenvalue weighted by Crippen LogP contribution is -1.95. The van der Waals surface area contributed by atoms with E-state index in [-0.39, 0.29) is 0 Å². The maximum atomic E-state index is 5.26. The van der Waals surface area contributed by atoms with Gasteiger partial charge in [0.05, 0.1) is 33.6 Å². The largest absolute Gasteiger partial charge is 0.309 e. The van der Waals surface area contributed by atoms with Crippen molar-refractivity contribution in [3.8, 4) is 73.1 Å². The van der Waals surface area contributed by atoms with Gasteiger partial charge in [-0.25, -0.2) is 15.0 Å². The summed E-state index contributed by atoms with van der Waals surface area (Å²) in [6, 6.07) is 81.6. The molecule has 0 fully saturated rings. The van der Waals surface area contributed by atoms with Crippen LogP contribution in [-0.4, -0.2) is 19.5 Å². The van der Waals surface area contributed by atoms with E-state index in [2.05, 4.69) is 199 Å². The Hall–Kier alpha value is -8.47. The van der Waals surface area contributed by atoms with Crippen LogP contribution in [0.5, 0.6) is 0 Å². The second-order valence-corrected chi connectivity index (χ2v) is 16.0. The van der Waals surface area contributed by atoms with Crippen LogP contribution in [0.25, 0.3) is 117 Å². The Kier molecular flexibility index (Phi) is 8.79. The van der Waals surface area contributed by atoms with E-state index in [9.17, 15) is 0 Å². The minimum Gasteiger partial charge on any atom is -0.309 e. The first kappa shape index (κ1) is 36.4. The second kappa shape index (κ2) is 15.2. The molecular weight excluding hydrogens is 765 g/mol. The maximum absolute atomic E-state index is 5.26. The smallest absolute Gasteiger partial charge is 0.160 e. The van der Waals surface area contributed by atoms with Crippen LogP contribution < -0.4 is 0 Å². The summed E-state index contributed by atoms with van der Waals surface area (Å²) < 4.78 is 2.42. The fourth-order valence-corrected chi connectivity index (χ4v) is 9.09. The van der Waals surface area contributed by atoms with Crippen molar-refractivity contribution in [2.24, 2.45) is 0 Å². The Labute approximate surface area is 365 Å². The first-order chi connectivity index (χ1) is 31.2. The number of para-hydroxylation sites is 2. The Morgan fingerprint density at radius 3 is 1.51 bits per heavy atom. The molecule has 3 heterocycles. The van der Waals surface area contributed by atoms with E-state index in [4.69, 9.17) is 15.0 Å². The van der Waals surface area contributed by atoms with Crippen LogP contribution in [0.4, 0.5) is 0 Å². The number of pyridine rings is 1. The van der Waals surface area contributed by atoms with Crippen LogP contribution >= 0.6 is 0 Å². The Morgan fingerprint density at radius 1 is 0.270 bits per heavy atom. The fourth-order valence-electron chi connectivity index (χ4n) is 9.09. The van der Waals surface area contributed by atoms with Crippen LogP contribution in [0.1, 0.15) is 0 Å². The third-order valence-electron chi connectivity index (χ3n) is 12.2. The van der Waals surface area contributed by atoms with E-state index in [1.54, 1.807) is 0 Å². The highest BCUT2D eigenvalue weighted by molar-refractivity contribution is 6.20. The summed E-state index contributed by atoms with van der Waals surface area (Å²) in [6.45, 7) is 0. The lowest BCUT2D eigenvalue weighted by atomic mass is 9.96. The van der Waals surface area contributed by atoms with Gasteiger partial charge in [0.25, 0.3) is 0 Å². The second-order valence-electron chi connectivity index (χ2n) is 16.0. The van der Waals surface area contributed by atoms with E-state index < -0.39 is 0 Å². The van der Waals surface area contributed by atoms with Gasteiger partial charge in [-0.05, 0) is 76.2 Å². The van der Waals surface area contributed by atoms with Crippen molar-refractivity contribution in [1.82, 2.24) is 19.5 Å². The minimum atomic E-state index is 0.711. The van der Waals surface area contributed by atoms with E-state index >= 15 is 0 Å². The van der Waals surface area contributed by atoms with Gasteiger partial charge in [-0.15, -0.1) is 0 Å². The van der Waals surface area contributed by atoms with Crippen molar-refractivity contribution in [2.45, 2.75) is 0 Å². The predicted molar refractivity (Wildman–Crippen MR) is 262 cm³/mol. The number of hydrogen-bond donors (Lipinski definition) is 0. The van der Waals surface area contributed by atoms with Gasteiger partial charge >= 0.3 is 0 Å². The molecule has 0 N–H and O–H groups in total. The molecule has 9 aromatic carbocycles. The Balaban J connectivity index is 0.965. The zero-order valence-electron chi connectivity index (χ0n) is 34.2. The van der Waals surface area contributed by atoms with Gasteiger partial charge in [-0.1, -0.05) is 182 Å². The highest BCUT2D eigenvalue weighted by Gasteiger charge is 2.19. The molecule has 12 aromatic rings. The highest BCUT2D eigenvalue weighted by atomic mass is 15.0. The molecule has 0 saturated carbocycles. The van der Waals surface area contributed by atoms with Gasteiger partial charge in [0.2, 0.25) is 0 Å². The van der Waals surface area contributed by atoms with Crippen molar-refractivity contribution < 1.29 is 0 Å². The average Bonchev–Trinajstić information content (AvgIpc) is 3.69. The molecule has 4 nitrogen and oxygen atoms in total. The molecular formula is C59H38N4. The quantitative estimate of drug-likeness (QED) is 0.151. The van der Waals surface area contributed by atoms with Crippen LogP contribution in [0.3, 0.4) is 0 Å². The standard InChI is InChI=1S/C59H38N4/c1-5-16-40(17-6-1)54-38-55(62-59(61-54)43-20-9-3-10-21-43)41-30-28-39(29-31-41)44-22-15-23-45(34-44)46-32-33-49-51-36-50-48-26-13-14-27-53(48)60-58(42-18-7-2-8-19-42)52(50)37-57(51)63(56(49)35-46)47-24-11-4-12-25-47/h1-38H. The molecule has 63 heavy (non-hydrogen) atoms. The number of nitrogens with zero attached hydrogens (tertiary/aromatic N) is 4. The van der Waals surface area contributed by atoms with Crippen molar-refractivity contribution >= 4 is 43.5 Å². The molecule has 4 heteroatoms. The number of rotatable bonds is 7. The zero-order valence-corrected chi connectivity index (χ0v) is 34.2. The molecule has 3 aromatic heterocycles. The van der Waals surface area contributed by atoms with Crippen LogP contribution in [0.2, 0.25) is 0 Å². The average molecular weight is 803 g/mol. The van der Waals surface area contributed by atoms with Gasteiger partial charge in [-0.2, -0.15) is 0 Å². The van der Waals surface area contributed by atoms with E-state index in [0.29, 0.717) is 5.82 Å². The van der Waals surface area contributed by atoms with E-state index in [0.717, 1.165) is 94.6 Å². The summed E-state index contributed by atoms with van der Waals surface area (Å²) in [5.41, 5.74) is 16.0. The zero-order chi connectivity index (χ0) is 41.7. The van der Waals surface area contributed by atoms with E-state index in [1.807, 2.05) is 36.4 Å². The lowest BCUT2D eigenvalue weighted by molar-refractivity contribution is 1.18. The van der Waals surface area contributed by atoms with Crippen LogP contribution in [0, 0.1) is 0 Å². The predicted octanol–water partition coefficient (Wildman–Crippen LogP) is 15.3. The number of benzene rings is 9. The molecule has 0 radical (unpaired) electrons. The summed E-state index contributed by atoms with van der Waals surface area (Å²) in [7, 11) is 0. The summed E-state index contributed by atoms with van der Waals surface area (Å²) in [5.74, 6) is 0.711. The molecule has 0 spiro atoms. The van der Waals surface area contributed by atoms with Gasteiger partial charge in [0, 0.05) is 49.5 Å². The third kappa shape index (κ3) is 6.53. The maximum Gasteiger partial charge on any atom is 0.160 e. The molecule has 12 rings (SSSR count). The first-order valence-electron chi connectivity index (χ1n) is 21.3. The Morgan fingerprint density at radius 2 is 0.794 bits per heavy atom. The highest BCUT2D eigenvalue weighted by Crippen LogP contribution is 2.41. The number of hydrogen-bond acceptors (Lipinski definition) is 3. The summed E-state index contributed by atoms with van der Waals surface area (Å²) in [6.07, 6.45) is 0. The molecule has 0 bridgehead atoms. The molecule has 0 atom stereocenters. The lowest BCUT2D eigenvalue weighted by Gasteiger charge is -2.12. The van der Waals surface area contributed by atoms with Gasteiger partial charge in [-0.3, -0.25) is 0 Å². The SMILES string of the molecule is c1ccc(-c2cc(-c3ccc(-c4cccc(-c5ccc6c7cc8c(cc7n(-c7ccccc7)c6c5)c(-c5ccccc5)nc5ccccc58)c4)cc3)nc(-c3ccccc3)n2)cc1. The molecule has 0 unspecified atom stereocenters. The third-order valence-corrected chi connectivity index (χ3v) is 12.2. The number of aromatic nitrogens is 4. The summed E-state index contributed by atoms with van der Waals surface area (Å²) in [5, 5.41) is 5.92. The summed E-state index contributed by atoms with van der Waals surface area (Å²) in [4.78, 5) is 15.3. The Bertz CT molecular complexity index is 3580.